The third-order valence-electron chi connectivity index (χ3n) is 5.03. The Kier molecular flexibility index (Phi) is 7.82. The zero-order valence-corrected chi connectivity index (χ0v) is 18.9. The van der Waals surface area contributed by atoms with Crippen LogP contribution in [0, 0.1) is 10.1 Å². The number of carbonyl (C=O) groups is 1. The second-order valence-corrected chi connectivity index (χ2v) is 7.70. The molecule has 3 rings (SSSR count). The molecule has 0 aliphatic rings. The molecule has 0 fully saturated rings. The van der Waals surface area contributed by atoms with E-state index in [-0.39, 0.29) is 41.8 Å². The van der Waals surface area contributed by atoms with E-state index in [2.05, 4.69) is 4.98 Å². The van der Waals surface area contributed by atoms with Crippen molar-refractivity contribution in [1.82, 2.24) is 9.55 Å². The molecule has 0 aliphatic heterocycles. The number of nitro groups is 1. The molecule has 0 aliphatic carbocycles. The van der Waals surface area contributed by atoms with Gasteiger partial charge < -0.3 is 15.4 Å². The Bertz CT molecular complexity index is 1320. The fraction of sp³-hybridized carbons (Fsp3) is 0.227. The predicted molar refractivity (Wildman–Crippen MR) is 128 cm³/mol. The number of rotatable bonds is 9. The molecule has 0 bridgehead atoms. The minimum Gasteiger partial charge on any atom is -0.385 e. The predicted octanol–water partition coefficient (Wildman–Crippen LogP) is 2.41. The van der Waals surface area contributed by atoms with E-state index in [4.69, 9.17) is 22.1 Å². The SMILES string of the molecule is COCCCN(C(=O)c1ccc(Cl)c([N+](=O)[O-])c1)c1c(N)n(Cc2ccccc2)c(=O)[nH]c1=O. The van der Waals surface area contributed by atoms with Crippen LogP contribution in [0.5, 0.6) is 0 Å². The number of nitro benzene ring substituents is 1. The van der Waals surface area contributed by atoms with Crippen LogP contribution in [-0.2, 0) is 11.3 Å². The van der Waals surface area contributed by atoms with Gasteiger partial charge in [-0.3, -0.25) is 29.3 Å². The summed E-state index contributed by atoms with van der Waals surface area (Å²) in [6.45, 7) is 0.327. The average Bonchev–Trinajstić information content (AvgIpc) is 2.81. The highest BCUT2D eigenvalue weighted by Crippen LogP contribution is 2.27. The standard InChI is InChI=1S/C22H22ClN5O6/c1-34-11-5-10-26(21(30)15-8-9-16(23)17(12-15)28(32)33)18-19(24)27(22(31)25-20(18)29)13-14-6-3-2-4-7-14/h2-4,6-9,12H,5,10-11,13,24H2,1H3,(H,25,29,31). The summed E-state index contributed by atoms with van der Waals surface area (Å²) in [5.74, 6) is -0.940. The summed E-state index contributed by atoms with van der Waals surface area (Å²) in [6.07, 6.45) is 0.328. The summed E-state index contributed by atoms with van der Waals surface area (Å²) in [4.78, 5) is 52.6. The van der Waals surface area contributed by atoms with Crippen molar-refractivity contribution in [3.63, 3.8) is 0 Å². The lowest BCUT2D eigenvalue weighted by Crippen LogP contribution is -2.42. The largest absolute Gasteiger partial charge is 0.385 e. The number of ether oxygens (including phenoxy) is 1. The molecule has 11 nitrogen and oxygen atoms in total. The van der Waals surface area contributed by atoms with Gasteiger partial charge >= 0.3 is 5.69 Å². The van der Waals surface area contributed by atoms with E-state index in [0.717, 1.165) is 21.1 Å². The van der Waals surface area contributed by atoms with Crippen molar-refractivity contribution in [1.29, 1.82) is 0 Å². The number of H-pyrrole nitrogens is 1. The number of aromatic nitrogens is 2. The average molecular weight is 488 g/mol. The maximum absolute atomic E-state index is 13.4. The fourth-order valence-electron chi connectivity index (χ4n) is 3.38. The number of hydrogen-bond donors (Lipinski definition) is 2. The number of nitrogens with two attached hydrogens (primary N) is 1. The van der Waals surface area contributed by atoms with E-state index in [1.165, 1.54) is 19.2 Å². The fourth-order valence-corrected chi connectivity index (χ4v) is 3.57. The summed E-state index contributed by atoms with van der Waals surface area (Å²) < 4.78 is 6.19. The molecule has 12 heteroatoms. The van der Waals surface area contributed by atoms with Crippen molar-refractivity contribution in [3.05, 3.63) is 95.6 Å². The Labute approximate surface area is 198 Å². The van der Waals surface area contributed by atoms with Crippen LogP contribution in [0.2, 0.25) is 5.02 Å². The van der Waals surface area contributed by atoms with Gasteiger partial charge in [0.1, 0.15) is 10.8 Å². The summed E-state index contributed by atoms with van der Waals surface area (Å²) in [6, 6.07) is 12.5. The maximum atomic E-state index is 13.4. The third-order valence-corrected chi connectivity index (χ3v) is 5.35. The highest BCUT2D eigenvalue weighted by atomic mass is 35.5. The molecular weight excluding hydrogens is 466 g/mol. The van der Waals surface area contributed by atoms with Gasteiger partial charge in [0.25, 0.3) is 17.2 Å². The number of nitrogens with zero attached hydrogens (tertiary/aromatic N) is 3. The number of methoxy groups -OCH3 is 1. The first-order valence-corrected chi connectivity index (χ1v) is 10.5. The van der Waals surface area contributed by atoms with Crippen molar-refractivity contribution in [2.75, 3.05) is 30.9 Å². The quantitative estimate of drug-likeness (QED) is 0.267. The van der Waals surface area contributed by atoms with Gasteiger partial charge in [0.05, 0.1) is 11.5 Å². The second kappa shape index (κ2) is 10.8. The second-order valence-electron chi connectivity index (χ2n) is 7.29. The van der Waals surface area contributed by atoms with E-state index < -0.39 is 27.8 Å². The molecule has 3 aromatic rings. The van der Waals surface area contributed by atoms with Crippen LogP contribution in [-0.4, -0.2) is 40.6 Å². The topological polar surface area (TPSA) is 154 Å². The van der Waals surface area contributed by atoms with Crippen LogP contribution in [0.25, 0.3) is 0 Å². The molecule has 0 saturated carbocycles. The van der Waals surface area contributed by atoms with Crippen molar-refractivity contribution >= 4 is 34.7 Å². The van der Waals surface area contributed by atoms with Gasteiger partial charge in [-0.25, -0.2) is 4.79 Å². The first kappa shape index (κ1) is 24.7. The number of nitrogens with one attached hydrogen (secondary N) is 1. The summed E-state index contributed by atoms with van der Waals surface area (Å²) in [5.41, 5.74) is 4.62. The van der Waals surface area contributed by atoms with Gasteiger partial charge in [-0.2, -0.15) is 0 Å². The van der Waals surface area contributed by atoms with Crippen molar-refractivity contribution in [3.8, 4) is 0 Å². The first-order valence-electron chi connectivity index (χ1n) is 10.2. The molecule has 178 valence electrons. The number of anilines is 2. The molecule has 1 aromatic heterocycles. The molecule has 3 N–H and O–H groups in total. The summed E-state index contributed by atoms with van der Waals surface area (Å²) in [7, 11) is 1.48. The number of hydrogen-bond acceptors (Lipinski definition) is 7. The van der Waals surface area contributed by atoms with E-state index >= 15 is 0 Å². The van der Waals surface area contributed by atoms with E-state index in [1.54, 1.807) is 24.3 Å². The van der Waals surface area contributed by atoms with Crippen LogP contribution in [0.15, 0.2) is 58.1 Å². The lowest BCUT2D eigenvalue weighted by atomic mass is 10.1. The molecule has 0 unspecified atom stereocenters. The van der Waals surface area contributed by atoms with Gasteiger partial charge in [0.15, 0.2) is 5.69 Å². The molecular formula is C22H22ClN5O6. The molecule has 1 amide bonds. The van der Waals surface area contributed by atoms with Crippen LogP contribution < -0.4 is 21.9 Å². The number of carbonyl (C=O) groups excluding carboxylic acids is 1. The Hall–Kier alpha value is -3.96. The minimum atomic E-state index is -0.860. The summed E-state index contributed by atoms with van der Waals surface area (Å²) in [5, 5.41) is 11.1. The Morgan fingerprint density at radius 2 is 1.94 bits per heavy atom. The molecule has 34 heavy (non-hydrogen) atoms. The van der Waals surface area contributed by atoms with Gasteiger partial charge in [-0.1, -0.05) is 41.9 Å². The number of benzene rings is 2. The van der Waals surface area contributed by atoms with Crippen LogP contribution in [0.4, 0.5) is 17.2 Å². The smallest absolute Gasteiger partial charge is 0.330 e. The molecule has 0 atom stereocenters. The molecule has 0 saturated heterocycles. The number of nitrogen functional groups attached to an aromatic ring is 1. The molecule has 0 radical (unpaired) electrons. The van der Waals surface area contributed by atoms with Gasteiger partial charge in [0.2, 0.25) is 0 Å². The minimum absolute atomic E-state index is 0.0000812. The molecule has 0 spiro atoms. The van der Waals surface area contributed by atoms with Gasteiger partial charge in [-0.15, -0.1) is 0 Å². The highest BCUT2D eigenvalue weighted by molar-refractivity contribution is 6.32. The highest BCUT2D eigenvalue weighted by Gasteiger charge is 2.27. The van der Waals surface area contributed by atoms with E-state index in [0.29, 0.717) is 6.42 Å². The van der Waals surface area contributed by atoms with Crippen LogP contribution >= 0.6 is 11.6 Å². The lowest BCUT2D eigenvalue weighted by molar-refractivity contribution is -0.384. The van der Waals surface area contributed by atoms with Crippen molar-refractivity contribution in [2.24, 2.45) is 0 Å². The zero-order valence-electron chi connectivity index (χ0n) is 18.2. The Morgan fingerprint density at radius 1 is 1.24 bits per heavy atom. The normalized spacial score (nSPS) is 10.8. The Morgan fingerprint density at radius 3 is 2.59 bits per heavy atom. The molecule has 2 aromatic carbocycles. The first-order chi connectivity index (χ1) is 16.2. The third kappa shape index (κ3) is 5.33. The molecule has 1 heterocycles. The Balaban J connectivity index is 2.12. The number of halogens is 1. The van der Waals surface area contributed by atoms with Crippen molar-refractivity contribution in [2.45, 2.75) is 13.0 Å². The maximum Gasteiger partial charge on any atom is 0.330 e. The number of aromatic amines is 1. The van der Waals surface area contributed by atoms with Gasteiger partial charge in [0, 0.05) is 31.9 Å². The van der Waals surface area contributed by atoms with E-state index in [9.17, 15) is 24.5 Å². The lowest BCUT2D eigenvalue weighted by Gasteiger charge is -2.24. The zero-order chi connectivity index (χ0) is 24.8. The van der Waals surface area contributed by atoms with Crippen LogP contribution in [0.1, 0.15) is 22.3 Å². The van der Waals surface area contributed by atoms with E-state index in [1.807, 2.05) is 6.07 Å². The monoisotopic (exact) mass is 487 g/mol. The van der Waals surface area contributed by atoms with Crippen molar-refractivity contribution < 1.29 is 14.5 Å². The van der Waals surface area contributed by atoms with Gasteiger partial charge in [-0.05, 0) is 24.1 Å². The summed E-state index contributed by atoms with van der Waals surface area (Å²) >= 11 is 5.86. The van der Waals surface area contributed by atoms with Crippen LogP contribution in [0.3, 0.4) is 0 Å². The number of amides is 1.